The topological polar surface area (TPSA) is 23.8 Å². The van der Waals surface area contributed by atoms with Gasteiger partial charge in [0.1, 0.15) is 11.6 Å². The second-order valence-corrected chi connectivity index (χ2v) is 2.40. The van der Waals surface area contributed by atoms with E-state index in [0.717, 1.165) is 0 Å². The Bertz CT molecular complexity index is 343. The number of nitriles is 1. The average molecular weight is 179 g/mol. The summed E-state index contributed by atoms with van der Waals surface area (Å²) >= 11 is 0. The van der Waals surface area contributed by atoms with E-state index < -0.39 is 11.6 Å². The number of benzene rings is 1. The van der Waals surface area contributed by atoms with Crippen LogP contribution in [0.1, 0.15) is 12.0 Å². The van der Waals surface area contributed by atoms with Crippen molar-refractivity contribution in [2.75, 3.05) is 0 Å². The van der Waals surface area contributed by atoms with E-state index in [2.05, 4.69) is 0 Å². The van der Waals surface area contributed by atoms with Crippen LogP contribution in [0.2, 0.25) is 0 Å². The van der Waals surface area contributed by atoms with Crippen molar-refractivity contribution in [3.05, 3.63) is 41.5 Å². The molecule has 0 aliphatic heterocycles. The molecule has 0 bridgehead atoms. The highest BCUT2D eigenvalue weighted by atomic mass is 19.1. The van der Waals surface area contributed by atoms with E-state index in [1.165, 1.54) is 30.4 Å². The van der Waals surface area contributed by atoms with Crippen LogP contribution in [-0.4, -0.2) is 0 Å². The van der Waals surface area contributed by atoms with Crippen molar-refractivity contribution >= 4 is 6.08 Å². The minimum atomic E-state index is -0.616. The van der Waals surface area contributed by atoms with E-state index in [1.807, 2.05) is 6.07 Å². The predicted molar refractivity (Wildman–Crippen MR) is 45.6 cm³/mol. The second-order valence-electron chi connectivity index (χ2n) is 2.40. The van der Waals surface area contributed by atoms with Crippen LogP contribution in [-0.2, 0) is 0 Å². The maximum Gasteiger partial charge on any atom is 0.133 e. The maximum absolute atomic E-state index is 12.9. The number of hydrogen-bond donors (Lipinski definition) is 0. The van der Waals surface area contributed by atoms with Crippen molar-refractivity contribution in [2.24, 2.45) is 0 Å². The van der Waals surface area contributed by atoms with Crippen LogP contribution in [0.25, 0.3) is 6.08 Å². The largest absolute Gasteiger partial charge is 0.206 e. The molecule has 0 atom stereocenters. The molecule has 3 heteroatoms. The van der Waals surface area contributed by atoms with Gasteiger partial charge in [-0.15, -0.1) is 0 Å². The van der Waals surface area contributed by atoms with Crippen molar-refractivity contribution in [3.8, 4) is 6.07 Å². The molecule has 0 unspecified atom stereocenters. The Morgan fingerprint density at radius 3 is 2.46 bits per heavy atom. The van der Waals surface area contributed by atoms with Gasteiger partial charge in [0.15, 0.2) is 0 Å². The van der Waals surface area contributed by atoms with E-state index in [-0.39, 0.29) is 12.0 Å². The summed E-state index contributed by atoms with van der Waals surface area (Å²) in [5.41, 5.74) is -0.0993. The molecule has 1 nitrogen and oxygen atoms in total. The fraction of sp³-hybridized carbons (Fsp3) is 0.100. The molecule has 66 valence electrons. The first kappa shape index (κ1) is 9.40. The van der Waals surface area contributed by atoms with Gasteiger partial charge < -0.3 is 0 Å². The van der Waals surface area contributed by atoms with Crippen LogP contribution in [0.3, 0.4) is 0 Å². The van der Waals surface area contributed by atoms with Gasteiger partial charge in [-0.05, 0) is 12.1 Å². The Balaban J connectivity index is 2.94. The zero-order chi connectivity index (χ0) is 9.68. The van der Waals surface area contributed by atoms with E-state index in [1.54, 1.807) is 0 Å². The number of nitrogens with zero attached hydrogens (tertiary/aromatic N) is 1. The van der Waals surface area contributed by atoms with Crippen LogP contribution in [0.4, 0.5) is 8.78 Å². The highest BCUT2D eigenvalue weighted by Crippen LogP contribution is 2.13. The molecule has 1 rings (SSSR count). The quantitative estimate of drug-likeness (QED) is 0.684. The Morgan fingerprint density at radius 1 is 1.31 bits per heavy atom. The standard InChI is InChI=1S/C10H7F2N/c11-9-5-3-6-10(12)8(9)4-1-2-7-13/h1,3-6H,2H2. The zero-order valence-electron chi connectivity index (χ0n) is 6.80. The van der Waals surface area contributed by atoms with Crippen molar-refractivity contribution in [3.63, 3.8) is 0 Å². The van der Waals surface area contributed by atoms with Gasteiger partial charge in [0.25, 0.3) is 0 Å². The van der Waals surface area contributed by atoms with E-state index in [0.29, 0.717) is 0 Å². The minimum absolute atomic E-state index is 0.0993. The van der Waals surface area contributed by atoms with E-state index in [4.69, 9.17) is 5.26 Å². The van der Waals surface area contributed by atoms with Gasteiger partial charge in [-0.25, -0.2) is 8.78 Å². The van der Waals surface area contributed by atoms with E-state index >= 15 is 0 Å². The predicted octanol–water partition coefficient (Wildman–Crippen LogP) is 2.89. The number of rotatable bonds is 2. The first-order valence-corrected chi connectivity index (χ1v) is 3.73. The van der Waals surface area contributed by atoms with Crippen LogP contribution < -0.4 is 0 Å². The van der Waals surface area contributed by atoms with Crippen LogP contribution >= 0.6 is 0 Å². The lowest BCUT2D eigenvalue weighted by molar-refractivity contribution is 0.578. The monoisotopic (exact) mass is 179 g/mol. The third kappa shape index (κ3) is 2.38. The minimum Gasteiger partial charge on any atom is -0.206 e. The lowest BCUT2D eigenvalue weighted by atomic mass is 10.2. The third-order valence-electron chi connectivity index (χ3n) is 1.49. The smallest absolute Gasteiger partial charge is 0.133 e. The molecule has 1 aromatic rings. The fourth-order valence-corrected chi connectivity index (χ4v) is 0.899. The van der Waals surface area contributed by atoms with Gasteiger partial charge >= 0.3 is 0 Å². The maximum atomic E-state index is 12.9. The Labute approximate surface area is 74.9 Å². The third-order valence-corrected chi connectivity index (χ3v) is 1.49. The summed E-state index contributed by atoms with van der Waals surface area (Å²) in [6, 6.07) is 5.49. The van der Waals surface area contributed by atoms with Crippen LogP contribution in [0.5, 0.6) is 0 Å². The number of halogens is 2. The molecule has 0 amide bonds. The fourth-order valence-electron chi connectivity index (χ4n) is 0.899. The molecule has 0 N–H and O–H groups in total. The molecule has 0 heterocycles. The van der Waals surface area contributed by atoms with Gasteiger partial charge in [-0.1, -0.05) is 18.2 Å². The molecule has 0 fully saturated rings. The number of hydrogen-bond acceptors (Lipinski definition) is 1. The Kier molecular flexibility index (Phi) is 3.15. The highest BCUT2D eigenvalue weighted by Gasteiger charge is 2.03. The molecule has 0 saturated carbocycles. The zero-order valence-corrected chi connectivity index (χ0v) is 6.80. The first-order valence-electron chi connectivity index (χ1n) is 3.73. The van der Waals surface area contributed by atoms with Crippen molar-refractivity contribution < 1.29 is 8.78 Å². The summed E-state index contributed by atoms with van der Waals surface area (Å²) in [6.45, 7) is 0. The molecular weight excluding hydrogens is 172 g/mol. The van der Waals surface area contributed by atoms with Gasteiger partial charge in [-0.3, -0.25) is 0 Å². The summed E-state index contributed by atoms with van der Waals surface area (Å²) < 4.78 is 25.8. The summed E-state index contributed by atoms with van der Waals surface area (Å²) in [6.07, 6.45) is 2.84. The molecule has 0 aliphatic carbocycles. The van der Waals surface area contributed by atoms with Gasteiger partial charge in [0, 0.05) is 5.56 Å². The molecule has 0 radical (unpaired) electrons. The summed E-state index contributed by atoms with van der Waals surface area (Å²) in [5.74, 6) is -1.23. The van der Waals surface area contributed by atoms with E-state index in [9.17, 15) is 8.78 Å². The summed E-state index contributed by atoms with van der Waals surface area (Å²) in [7, 11) is 0. The van der Waals surface area contributed by atoms with Crippen LogP contribution in [0.15, 0.2) is 24.3 Å². The normalized spacial score (nSPS) is 10.2. The van der Waals surface area contributed by atoms with Crippen LogP contribution in [0, 0.1) is 23.0 Å². The molecule has 0 spiro atoms. The van der Waals surface area contributed by atoms with Crippen molar-refractivity contribution in [1.82, 2.24) is 0 Å². The number of allylic oxidation sites excluding steroid dienone is 1. The van der Waals surface area contributed by atoms with Gasteiger partial charge in [0.2, 0.25) is 0 Å². The first-order chi connectivity index (χ1) is 6.25. The van der Waals surface area contributed by atoms with Crippen molar-refractivity contribution in [1.29, 1.82) is 5.26 Å². The molecule has 0 aromatic heterocycles. The molecule has 0 saturated heterocycles. The molecule has 13 heavy (non-hydrogen) atoms. The SMILES string of the molecule is N#CCC=Cc1c(F)cccc1F. The summed E-state index contributed by atoms with van der Waals surface area (Å²) in [5, 5.41) is 8.19. The Morgan fingerprint density at radius 2 is 1.92 bits per heavy atom. The Hall–Kier alpha value is -1.69. The second kappa shape index (κ2) is 4.36. The lowest BCUT2D eigenvalue weighted by Crippen LogP contribution is -1.86. The van der Waals surface area contributed by atoms with Crippen molar-refractivity contribution in [2.45, 2.75) is 6.42 Å². The average Bonchev–Trinajstić information content (AvgIpc) is 2.10. The molecule has 1 aromatic carbocycles. The molecular formula is C10H7F2N. The molecule has 0 aliphatic rings. The van der Waals surface area contributed by atoms with Gasteiger partial charge in [-0.2, -0.15) is 5.26 Å². The van der Waals surface area contributed by atoms with Gasteiger partial charge in [0.05, 0.1) is 12.5 Å². The lowest BCUT2D eigenvalue weighted by Gasteiger charge is -1.96. The summed E-state index contributed by atoms with van der Waals surface area (Å²) in [4.78, 5) is 0. The highest BCUT2D eigenvalue weighted by molar-refractivity contribution is 5.50.